The van der Waals surface area contributed by atoms with E-state index in [1.807, 2.05) is 0 Å². The molecular weight excluding hydrogens is 412 g/mol. The third-order valence-electron chi connectivity index (χ3n) is 5.33. The molecule has 0 saturated heterocycles. The number of carbonyl (C=O) groups excluding carboxylic acids is 2. The number of aryl methyl sites for hydroxylation is 1. The molecule has 164 valence electrons. The third-order valence-corrected chi connectivity index (χ3v) is 5.33. The molecule has 8 nitrogen and oxygen atoms in total. The lowest BCUT2D eigenvalue weighted by atomic mass is 9.99. The predicted molar refractivity (Wildman–Crippen MR) is 115 cm³/mol. The Hall–Kier alpha value is -4.07. The van der Waals surface area contributed by atoms with Gasteiger partial charge in [-0.25, -0.2) is 4.79 Å². The van der Waals surface area contributed by atoms with E-state index in [-0.39, 0.29) is 24.4 Å². The van der Waals surface area contributed by atoms with Crippen LogP contribution in [0, 0.1) is 6.92 Å². The number of amides is 2. The maximum absolute atomic E-state index is 13.2. The molecule has 4 rings (SSSR count). The van der Waals surface area contributed by atoms with E-state index in [1.54, 1.807) is 62.6 Å². The van der Waals surface area contributed by atoms with E-state index in [2.05, 4.69) is 5.32 Å². The summed E-state index contributed by atoms with van der Waals surface area (Å²) < 4.78 is 10.4. The van der Waals surface area contributed by atoms with Crippen molar-refractivity contribution in [2.75, 3.05) is 12.4 Å². The number of anilines is 1. The van der Waals surface area contributed by atoms with Gasteiger partial charge in [0.15, 0.2) is 6.04 Å². The maximum Gasteiger partial charge on any atom is 0.331 e. The fourth-order valence-electron chi connectivity index (χ4n) is 3.92. The van der Waals surface area contributed by atoms with E-state index in [4.69, 9.17) is 9.15 Å². The summed E-state index contributed by atoms with van der Waals surface area (Å²) >= 11 is 0. The molecular formula is C24H22N2O6. The smallest absolute Gasteiger partial charge is 0.331 e. The van der Waals surface area contributed by atoms with Crippen LogP contribution in [0.5, 0.6) is 5.75 Å². The molecule has 0 bridgehead atoms. The Labute approximate surface area is 184 Å². The zero-order valence-electron chi connectivity index (χ0n) is 17.6. The van der Waals surface area contributed by atoms with Crippen LogP contribution >= 0.6 is 0 Å². The number of hydrogen-bond acceptors (Lipinski definition) is 5. The predicted octanol–water partition coefficient (Wildman–Crippen LogP) is 3.56. The molecule has 0 spiro atoms. The van der Waals surface area contributed by atoms with E-state index in [1.165, 1.54) is 11.2 Å². The maximum atomic E-state index is 13.2. The standard InChI is InChI=1S/C24H22N2O6/c1-14-10-18-21(23(28)26(22(18)24(29)30)13-17-4-3-9-32-17)19(11-14)25-20(27)12-15-5-7-16(31-2)8-6-15/h3-11,22H,12-13H2,1-2H3,(H,25,27)(H,29,30). The fourth-order valence-corrected chi connectivity index (χ4v) is 3.92. The highest BCUT2D eigenvalue weighted by Crippen LogP contribution is 2.40. The van der Waals surface area contributed by atoms with Gasteiger partial charge in [-0.1, -0.05) is 18.2 Å². The van der Waals surface area contributed by atoms with Crippen LogP contribution in [0.25, 0.3) is 0 Å². The Balaban J connectivity index is 1.62. The van der Waals surface area contributed by atoms with Crippen molar-refractivity contribution in [2.24, 2.45) is 0 Å². The van der Waals surface area contributed by atoms with Gasteiger partial charge < -0.3 is 24.5 Å². The number of carbonyl (C=O) groups is 3. The Morgan fingerprint density at radius 1 is 1.19 bits per heavy atom. The Bertz CT molecular complexity index is 1170. The molecule has 0 fully saturated rings. The van der Waals surface area contributed by atoms with Crippen LogP contribution < -0.4 is 10.1 Å². The van der Waals surface area contributed by atoms with Crippen molar-refractivity contribution >= 4 is 23.5 Å². The Morgan fingerprint density at radius 2 is 1.94 bits per heavy atom. The lowest BCUT2D eigenvalue weighted by molar-refractivity contribution is -0.142. The summed E-state index contributed by atoms with van der Waals surface area (Å²) in [4.78, 5) is 39.3. The second kappa shape index (κ2) is 8.58. The van der Waals surface area contributed by atoms with Crippen LogP contribution in [0.15, 0.2) is 59.2 Å². The van der Waals surface area contributed by atoms with Gasteiger partial charge in [0.1, 0.15) is 11.5 Å². The number of carboxylic acid groups (broad SMARTS) is 1. The van der Waals surface area contributed by atoms with Gasteiger partial charge in [0, 0.05) is 5.56 Å². The van der Waals surface area contributed by atoms with E-state index < -0.39 is 17.9 Å². The summed E-state index contributed by atoms with van der Waals surface area (Å²) in [6.07, 6.45) is 1.56. The molecule has 0 radical (unpaired) electrons. The summed E-state index contributed by atoms with van der Waals surface area (Å²) in [7, 11) is 1.57. The van der Waals surface area contributed by atoms with Crippen LogP contribution in [-0.2, 0) is 22.6 Å². The largest absolute Gasteiger partial charge is 0.497 e. The number of rotatable bonds is 7. The summed E-state index contributed by atoms with van der Waals surface area (Å²) in [6, 6.07) is 12.6. The van der Waals surface area contributed by atoms with Crippen molar-refractivity contribution in [2.45, 2.75) is 25.9 Å². The molecule has 8 heteroatoms. The number of carboxylic acids is 1. The minimum Gasteiger partial charge on any atom is -0.497 e. The van der Waals surface area contributed by atoms with Crippen LogP contribution in [0.2, 0.25) is 0 Å². The number of benzene rings is 2. The lowest BCUT2D eigenvalue weighted by Crippen LogP contribution is -2.32. The van der Waals surface area contributed by atoms with Gasteiger partial charge in [-0.2, -0.15) is 0 Å². The summed E-state index contributed by atoms with van der Waals surface area (Å²) in [6.45, 7) is 1.80. The highest BCUT2D eigenvalue weighted by Gasteiger charge is 2.43. The number of fused-ring (bicyclic) bond motifs is 1. The summed E-state index contributed by atoms with van der Waals surface area (Å²) in [5.74, 6) is -0.771. The number of nitrogens with zero attached hydrogens (tertiary/aromatic N) is 1. The first-order chi connectivity index (χ1) is 15.4. The summed E-state index contributed by atoms with van der Waals surface area (Å²) in [5, 5.41) is 12.7. The van der Waals surface area contributed by atoms with E-state index in [0.717, 1.165) is 11.1 Å². The zero-order valence-corrected chi connectivity index (χ0v) is 17.6. The average Bonchev–Trinajstić information content (AvgIpc) is 3.35. The minimum atomic E-state index is -1.17. The number of ether oxygens (including phenoxy) is 1. The van der Waals surface area contributed by atoms with Crippen LogP contribution in [0.1, 0.15) is 38.9 Å². The molecule has 2 heterocycles. The minimum absolute atomic E-state index is 0.00968. The van der Waals surface area contributed by atoms with Crippen molar-refractivity contribution in [3.63, 3.8) is 0 Å². The van der Waals surface area contributed by atoms with E-state index in [9.17, 15) is 19.5 Å². The molecule has 2 aromatic carbocycles. The third kappa shape index (κ3) is 4.07. The monoisotopic (exact) mass is 434 g/mol. The van der Waals surface area contributed by atoms with Gasteiger partial charge in [-0.05, 0) is 48.4 Å². The molecule has 32 heavy (non-hydrogen) atoms. The molecule has 1 aliphatic heterocycles. The van der Waals surface area contributed by atoms with Gasteiger partial charge >= 0.3 is 5.97 Å². The topological polar surface area (TPSA) is 109 Å². The van der Waals surface area contributed by atoms with E-state index >= 15 is 0 Å². The second-order valence-electron chi connectivity index (χ2n) is 7.60. The number of aliphatic carboxylic acids is 1. The van der Waals surface area contributed by atoms with Crippen LogP contribution in [0.4, 0.5) is 5.69 Å². The number of methoxy groups -OCH3 is 1. The molecule has 1 aliphatic rings. The quantitative estimate of drug-likeness (QED) is 0.589. The molecule has 1 aromatic heterocycles. The highest BCUT2D eigenvalue weighted by molar-refractivity contribution is 6.10. The van der Waals surface area contributed by atoms with Crippen molar-refractivity contribution in [3.05, 3.63) is 82.8 Å². The Kier molecular flexibility index (Phi) is 5.68. The van der Waals surface area contributed by atoms with Gasteiger partial charge in [-0.15, -0.1) is 0 Å². The average molecular weight is 434 g/mol. The van der Waals surface area contributed by atoms with Gasteiger partial charge in [0.05, 0.1) is 37.6 Å². The molecule has 3 aromatic rings. The van der Waals surface area contributed by atoms with Gasteiger partial charge in [0.2, 0.25) is 5.91 Å². The van der Waals surface area contributed by atoms with Crippen molar-refractivity contribution in [3.8, 4) is 5.75 Å². The zero-order chi connectivity index (χ0) is 22.8. The molecule has 1 unspecified atom stereocenters. The molecule has 1 atom stereocenters. The Morgan fingerprint density at radius 3 is 2.56 bits per heavy atom. The van der Waals surface area contributed by atoms with Gasteiger partial charge in [0.25, 0.3) is 5.91 Å². The summed E-state index contributed by atoms with van der Waals surface area (Å²) in [5.41, 5.74) is 2.37. The van der Waals surface area contributed by atoms with Gasteiger partial charge in [-0.3, -0.25) is 9.59 Å². The van der Waals surface area contributed by atoms with Crippen LogP contribution in [-0.4, -0.2) is 34.9 Å². The van der Waals surface area contributed by atoms with Crippen molar-refractivity contribution in [1.29, 1.82) is 0 Å². The van der Waals surface area contributed by atoms with Crippen LogP contribution in [0.3, 0.4) is 0 Å². The molecule has 0 saturated carbocycles. The fraction of sp³-hybridized carbons (Fsp3) is 0.208. The SMILES string of the molecule is COc1ccc(CC(=O)Nc2cc(C)cc3c2C(=O)N(Cc2ccco2)C3C(=O)O)cc1. The number of hydrogen-bond donors (Lipinski definition) is 2. The second-order valence-corrected chi connectivity index (χ2v) is 7.60. The first kappa shape index (κ1) is 21.2. The number of nitrogens with one attached hydrogen (secondary N) is 1. The molecule has 2 N–H and O–H groups in total. The number of furan rings is 1. The first-order valence-electron chi connectivity index (χ1n) is 10.0. The lowest BCUT2D eigenvalue weighted by Gasteiger charge is -2.20. The van der Waals surface area contributed by atoms with E-state index in [0.29, 0.717) is 22.8 Å². The molecule has 0 aliphatic carbocycles. The molecule has 2 amide bonds. The first-order valence-corrected chi connectivity index (χ1v) is 10.0. The van der Waals surface area contributed by atoms with Crippen molar-refractivity contribution < 1.29 is 28.6 Å². The van der Waals surface area contributed by atoms with Crippen molar-refractivity contribution in [1.82, 2.24) is 4.90 Å². The highest BCUT2D eigenvalue weighted by atomic mass is 16.5. The normalized spacial score (nSPS) is 14.9.